The van der Waals surface area contributed by atoms with Crippen LogP contribution in [0.5, 0.6) is 0 Å². The molecule has 2 aromatic carbocycles. The Morgan fingerprint density at radius 3 is 2.14 bits per heavy atom. The van der Waals surface area contributed by atoms with Crippen molar-refractivity contribution < 1.29 is 27.6 Å². The number of nitrogens with zero attached hydrogens (tertiary/aromatic N) is 2. The Morgan fingerprint density at radius 2 is 1.58 bits per heavy atom. The average molecular weight is 728 g/mol. The zero-order valence-electron chi connectivity index (χ0n) is 29.9. The van der Waals surface area contributed by atoms with Gasteiger partial charge in [-0.15, -0.1) is 11.3 Å². The fraction of sp³-hybridized carbons (Fsp3) is 0.457. The molecular formula is C35H49N7O6S2. The summed E-state index contributed by atoms with van der Waals surface area (Å²) >= 11 is 1.40. The molecule has 0 unspecified atom stereocenters. The molecule has 1 heterocycles. The number of thiazole rings is 1. The summed E-state index contributed by atoms with van der Waals surface area (Å²) in [6.45, 7) is 11.5. The minimum atomic E-state index is -3.74. The van der Waals surface area contributed by atoms with E-state index in [1.54, 1.807) is 19.4 Å². The quantitative estimate of drug-likeness (QED) is 0.141. The van der Waals surface area contributed by atoms with E-state index < -0.39 is 45.5 Å². The number of amides is 4. The fourth-order valence-corrected chi connectivity index (χ4v) is 6.13. The third kappa shape index (κ3) is 11.4. The molecule has 3 atom stereocenters. The maximum Gasteiger partial charge on any atom is 0.252 e. The number of carbonyl (C=O) groups excluding carboxylic acids is 4. The van der Waals surface area contributed by atoms with Crippen molar-refractivity contribution in [2.24, 2.45) is 5.92 Å². The molecule has 13 nitrogen and oxygen atoms in total. The first-order valence-electron chi connectivity index (χ1n) is 16.4. The van der Waals surface area contributed by atoms with Crippen LogP contribution in [-0.4, -0.2) is 81.5 Å². The van der Waals surface area contributed by atoms with Crippen LogP contribution in [0.4, 0.5) is 5.69 Å². The SMILES string of the molecule is CCNC(=O)[C@@H](NC(=O)[C@H](C)NC[C@H](Cc1cscn1)NC(=O)c1cc(C(=O)NC(C)(C)c2ccccc2)cc(N(C)S(C)(=O)=O)c1)C(C)C. The van der Waals surface area contributed by atoms with Gasteiger partial charge in [-0.25, -0.2) is 13.4 Å². The van der Waals surface area contributed by atoms with Gasteiger partial charge in [0.2, 0.25) is 21.8 Å². The molecule has 3 aromatic rings. The van der Waals surface area contributed by atoms with Gasteiger partial charge in [0.05, 0.1) is 34.7 Å². The number of likely N-dealkylation sites (N-methyl/N-ethyl adjacent to an activating group) is 1. The van der Waals surface area contributed by atoms with Crippen LogP contribution >= 0.6 is 11.3 Å². The molecule has 5 N–H and O–H groups in total. The number of carbonyl (C=O) groups is 4. The first-order chi connectivity index (χ1) is 23.4. The van der Waals surface area contributed by atoms with Gasteiger partial charge in [-0.05, 0) is 57.4 Å². The average Bonchev–Trinajstić information content (AvgIpc) is 3.58. The Bertz CT molecular complexity index is 1730. The second kappa shape index (κ2) is 17.5. The van der Waals surface area contributed by atoms with Gasteiger partial charge in [-0.3, -0.25) is 23.5 Å². The Kier molecular flexibility index (Phi) is 14.1. The van der Waals surface area contributed by atoms with Crippen molar-refractivity contribution in [3.05, 3.63) is 81.8 Å². The van der Waals surface area contributed by atoms with E-state index in [4.69, 9.17) is 0 Å². The predicted octanol–water partition coefficient (Wildman–Crippen LogP) is 2.80. The molecule has 0 fully saturated rings. The van der Waals surface area contributed by atoms with Gasteiger partial charge in [0.15, 0.2) is 0 Å². The molecule has 0 aliphatic rings. The molecule has 0 radical (unpaired) electrons. The van der Waals surface area contributed by atoms with Crippen LogP contribution in [-0.2, 0) is 31.6 Å². The first-order valence-corrected chi connectivity index (χ1v) is 19.2. The Labute approximate surface area is 299 Å². The predicted molar refractivity (Wildman–Crippen MR) is 197 cm³/mol. The summed E-state index contributed by atoms with van der Waals surface area (Å²) < 4.78 is 26.0. The van der Waals surface area contributed by atoms with Gasteiger partial charge in [0.25, 0.3) is 11.8 Å². The van der Waals surface area contributed by atoms with Crippen LogP contribution < -0.4 is 30.9 Å². The molecule has 0 saturated heterocycles. The molecule has 4 amide bonds. The van der Waals surface area contributed by atoms with E-state index in [-0.39, 0.29) is 41.1 Å². The molecule has 0 aliphatic heterocycles. The van der Waals surface area contributed by atoms with Crippen LogP contribution in [0.1, 0.15) is 73.5 Å². The number of anilines is 1. The number of hydrogen-bond acceptors (Lipinski definition) is 9. The van der Waals surface area contributed by atoms with Crippen LogP contribution in [0, 0.1) is 5.92 Å². The molecule has 3 rings (SSSR count). The number of sulfonamides is 1. The normalized spacial score (nSPS) is 13.5. The fourth-order valence-electron chi connectivity index (χ4n) is 5.07. The number of nitrogens with one attached hydrogen (secondary N) is 5. The third-order valence-corrected chi connectivity index (χ3v) is 10.0. The number of hydrogen-bond donors (Lipinski definition) is 5. The molecule has 0 saturated carbocycles. The lowest BCUT2D eigenvalue weighted by Gasteiger charge is -2.27. The molecular weight excluding hydrogens is 679 g/mol. The molecule has 15 heteroatoms. The zero-order chi connectivity index (χ0) is 37.2. The van der Waals surface area contributed by atoms with Crippen molar-refractivity contribution in [2.45, 2.75) is 71.6 Å². The van der Waals surface area contributed by atoms with Crippen LogP contribution in [0.3, 0.4) is 0 Å². The van der Waals surface area contributed by atoms with Crippen LogP contribution in [0.15, 0.2) is 59.4 Å². The summed E-state index contributed by atoms with van der Waals surface area (Å²) in [5, 5.41) is 16.5. The van der Waals surface area contributed by atoms with Crippen LogP contribution in [0.2, 0.25) is 0 Å². The monoisotopic (exact) mass is 727 g/mol. The van der Waals surface area contributed by atoms with E-state index in [0.717, 1.165) is 21.8 Å². The van der Waals surface area contributed by atoms with Crippen molar-refractivity contribution in [3.63, 3.8) is 0 Å². The lowest BCUT2D eigenvalue weighted by Crippen LogP contribution is -2.55. The largest absolute Gasteiger partial charge is 0.355 e. The molecule has 1 aromatic heterocycles. The van der Waals surface area contributed by atoms with E-state index in [1.807, 2.05) is 63.4 Å². The van der Waals surface area contributed by atoms with E-state index >= 15 is 0 Å². The highest BCUT2D eigenvalue weighted by molar-refractivity contribution is 7.92. The number of rotatable bonds is 17. The maximum atomic E-state index is 13.8. The summed E-state index contributed by atoms with van der Waals surface area (Å²) in [4.78, 5) is 57.4. The Morgan fingerprint density at radius 1 is 0.940 bits per heavy atom. The third-order valence-electron chi connectivity index (χ3n) is 8.16. The van der Waals surface area contributed by atoms with Gasteiger partial charge in [0.1, 0.15) is 6.04 Å². The molecule has 0 bridgehead atoms. The van der Waals surface area contributed by atoms with Gasteiger partial charge < -0.3 is 26.6 Å². The number of benzene rings is 2. The van der Waals surface area contributed by atoms with Crippen LogP contribution in [0.25, 0.3) is 0 Å². The van der Waals surface area contributed by atoms with E-state index in [1.165, 1.54) is 36.6 Å². The maximum absolute atomic E-state index is 13.8. The van der Waals surface area contributed by atoms with Crippen molar-refractivity contribution in [2.75, 3.05) is 30.7 Å². The van der Waals surface area contributed by atoms with Crippen molar-refractivity contribution in [1.82, 2.24) is 31.6 Å². The smallest absolute Gasteiger partial charge is 0.252 e. The molecule has 272 valence electrons. The second-order valence-electron chi connectivity index (χ2n) is 13.1. The highest BCUT2D eigenvalue weighted by Crippen LogP contribution is 2.24. The molecule has 50 heavy (non-hydrogen) atoms. The van der Waals surface area contributed by atoms with E-state index in [9.17, 15) is 27.6 Å². The molecule has 0 spiro atoms. The van der Waals surface area contributed by atoms with E-state index in [2.05, 4.69) is 31.6 Å². The Hall–Kier alpha value is -4.34. The van der Waals surface area contributed by atoms with Gasteiger partial charge in [-0.2, -0.15) is 0 Å². The van der Waals surface area contributed by atoms with Gasteiger partial charge in [0, 0.05) is 49.1 Å². The lowest BCUT2D eigenvalue weighted by molar-refractivity contribution is -0.130. The lowest BCUT2D eigenvalue weighted by atomic mass is 9.93. The zero-order valence-corrected chi connectivity index (χ0v) is 31.5. The van der Waals surface area contributed by atoms with E-state index in [0.29, 0.717) is 13.0 Å². The minimum absolute atomic E-state index is 0.0662. The molecule has 0 aliphatic carbocycles. The second-order valence-corrected chi connectivity index (χ2v) is 15.8. The Balaban J connectivity index is 1.87. The topological polar surface area (TPSA) is 179 Å². The standard InChI is InChI=1S/C35H49N7O6S2/c1-9-36-34(46)30(22(2)3)40-31(43)23(4)37-19-27(18-28-20-49-21-38-28)39-32(44)24-15-25(17-29(16-24)42(7)50(8,47)48)33(45)41-35(5,6)26-13-11-10-12-14-26/h10-17,20-23,27,30,37H,9,18-19H2,1-8H3,(H,36,46)(H,39,44)(H,40,43)(H,41,45)/t23-,27-,30-/m0/s1. The van der Waals surface area contributed by atoms with Gasteiger partial charge in [-0.1, -0.05) is 44.2 Å². The highest BCUT2D eigenvalue weighted by atomic mass is 32.2. The van der Waals surface area contributed by atoms with Crippen molar-refractivity contribution >= 4 is 50.7 Å². The summed E-state index contributed by atoms with van der Waals surface area (Å²) in [7, 11) is -2.39. The summed E-state index contributed by atoms with van der Waals surface area (Å²) in [5.41, 5.74) is 2.78. The summed E-state index contributed by atoms with van der Waals surface area (Å²) in [5.74, 6) is -1.83. The first kappa shape index (κ1) is 40.1. The minimum Gasteiger partial charge on any atom is -0.355 e. The van der Waals surface area contributed by atoms with Crippen molar-refractivity contribution in [3.8, 4) is 0 Å². The number of aromatic nitrogens is 1. The summed E-state index contributed by atoms with van der Waals surface area (Å²) in [6, 6.07) is 11.7. The van der Waals surface area contributed by atoms with Gasteiger partial charge >= 0.3 is 0 Å². The highest BCUT2D eigenvalue weighted by Gasteiger charge is 2.28. The summed E-state index contributed by atoms with van der Waals surface area (Å²) in [6.07, 6.45) is 1.36. The van der Waals surface area contributed by atoms with Crippen molar-refractivity contribution in [1.29, 1.82) is 0 Å².